The van der Waals surface area contributed by atoms with Crippen molar-refractivity contribution in [3.05, 3.63) is 0 Å². The molecule has 0 aliphatic carbocycles. The summed E-state index contributed by atoms with van der Waals surface area (Å²) in [6.07, 6.45) is 1.06. The smallest absolute Gasteiger partial charge is 0.0701 e. The van der Waals surface area contributed by atoms with Crippen LogP contribution in [0.4, 0.5) is 0 Å². The summed E-state index contributed by atoms with van der Waals surface area (Å²) in [5.74, 6) is 0. The summed E-state index contributed by atoms with van der Waals surface area (Å²) in [6, 6.07) is 0. The minimum atomic E-state index is 0.626. The Kier molecular flexibility index (Phi) is 13.7. The first kappa shape index (κ1) is 14.8. The van der Waals surface area contributed by atoms with E-state index in [1.54, 1.807) is 0 Å². The van der Waals surface area contributed by atoms with Crippen LogP contribution in [0.25, 0.3) is 0 Å². The normalized spacial score (nSPS) is 10.8. The second-order valence-electron chi connectivity index (χ2n) is 3.03. The van der Waals surface area contributed by atoms with Crippen LogP contribution in [0.15, 0.2) is 0 Å². The third-order valence-electron chi connectivity index (χ3n) is 1.67. The van der Waals surface area contributed by atoms with E-state index in [4.69, 9.17) is 18.9 Å². The standard InChI is InChI=1S/C11H24O4/c1-3-5-13-8-9-15-11-10-14-7-6-12-4-2/h3-11H2,1-2H3. The van der Waals surface area contributed by atoms with E-state index in [-0.39, 0.29) is 0 Å². The molecule has 15 heavy (non-hydrogen) atoms. The van der Waals surface area contributed by atoms with Crippen molar-refractivity contribution < 1.29 is 18.9 Å². The largest absolute Gasteiger partial charge is 0.379 e. The Bertz CT molecular complexity index is 96.8. The Hall–Kier alpha value is -0.160. The van der Waals surface area contributed by atoms with Crippen molar-refractivity contribution in [3.8, 4) is 0 Å². The van der Waals surface area contributed by atoms with E-state index in [2.05, 4.69) is 6.92 Å². The molecule has 0 spiro atoms. The van der Waals surface area contributed by atoms with Gasteiger partial charge in [-0.05, 0) is 13.3 Å². The zero-order valence-corrected chi connectivity index (χ0v) is 10.00. The second-order valence-corrected chi connectivity index (χ2v) is 3.03. The lowest BCUT2D eigenvalue weighted by molar-refractivity contribution is -0.000386. The molecule has 0 unspecified atom stereocenters. The first-order valence-electron chi connectivity index (χ1n) is 5.72. The van der Waals surface area contributed by atoms with Crippen LogP contribution in [0.3, 0.4) is 0 Å². The van der Waals surface area contributed by atoms with Gasteiger partial charge in [0.1, 0.15) is 0 Å². The van der Waals surface area contributed by atoms with Crippen LogP contribution < -0.4 is 0 Å². The molecule has 0 rings (SSSR count). The van der Waals surface area contributed by atoms with Crippen LogP contribution in [0.5, 0.6) is 0 Å². The minimum Gasteiger partial charge on any atom is -0.379 e. The number of hydrogen-bond acceptors (Lipinski definition) is 4. The van der Waals surface area contributed by atoms with Gasteiger partial charge in [0, 0.05) is 13.2 Å². The van der Waals surface area contributed by atoms with Gasteiger partial charge in [0.15, 0.2) is 0 Å². The maximum absolute atomic E-state index is 5.30. The molecule has 0 radical (unpaired) electrons. The molecule has 0 aromatic carbocycles. The molecule has 0 aliphatic rings. The highest BCUT2D eigenvalue weighted by atomic mass is 16.6. The molecule has 0 saturated heterocycles. The molecular weight excluding hydrogens is 196 g/mol. The second kappa shape index (κ2) is 13.8. The van der Waals surface area contributed by atoms with Crippen molar-refractivity contribution in [2.75, 3.05) is 52.9 Å². The van der Waals surface area contributed by atoms with E-state index in [1.165, 1.54) is 0 Å². The van der Waals surface area contributed by atoms with Crippen LogP contribution in [0, 0.1) is 0 Å². The predicted molar refractivity (Wildman–Crippen MR) is 59.2 cm³/mol. The molecule has 0 bridgehead atoms. The lowest BCUT2D eigenvalue weighted by Gasteiger charge is -2.06. The van der Waals surface area contributed by atoms with Gasteiger partial charge in [0.2, 0.25) is 0 Å². The summed E-state index contributed by atoms with van der Waals surface area (Å²) in [6.45, 7) is 9.50. The van der Waals surface area contributed by atoms with Gasteiger partial charge in [-0.15, -0.1) is 0 Å². The van der Waals surface area contributed by atoms with Crippen molar-refractivity contribution in [3.63, 3.8) is 0 Å². The highest BCUT2D eigenvalue weighted by Crippen LogP contribution is 1.83. The summed E-state index contributed by atoms with van der Waals surface area (Å²) in [5, 5.41) is 0. The third kappa shape index (κ3) is 13.8. The van der Waals surface area contributed by atoms with Gasteiger partial charge in [-0.3, -0.25) is 0 Å². The van der Waals surface area contributed by atoms with Crippen LogP contribution >= 0.6 is 0 Å². The lowest BCUT2D eigenvalue weighted by Crippen LogP contribution is -2.11. The lowest BCUT2D eigenvalue weighted by atomic mass is 10.5. The molecule has 0 saturated carbocycles. The Labute approximate surface area is 92.8 Å². The molecule has 4 heteroatoms. The number of ether oxygens (including phenoxy) is 4. The molecule has 0 aromatic heterocycles. The van der Waals surface area contributed by atoms with E-state index in [0.29, 0.717) is 39.6 Å². The third-order valence-corrected chi connectivity index (χ3v) is 1.67. The Morgan fingerprint density at radius 1 is 0.533 bits per heavy atom. The fraction of sp³-hybridized carbons (Fsp3) is 1.00. The van der Waals surface area contributed by atoms with Gasteiger partial charge in [0.05, 0.1) is 39.6 Å². The molecule has 0 fully saturated rings. The Morgan fingerprint density at radius 3 is 1.33 bits per heavy atom. The maximum Gasteiger partial charge on any atom is 0.0701 e. The summed E-state index contributed by atoms with van der Waals surface area (Å²) in [4.78, 5) is 0. The van der Waals surface area contributed by atoms with E-state index in [0.717, 1.165) is 19.6 Å². The van der Waals surface area contributed by atoms with Crippen molar-refractivity contribution in [1.82, 2.24) is 0 Å². The molecular formula is C11H24O4. The highest BCUT2D eigenvalue weighted by molar-refractivity contribution is 4.34. The molecule has 4 nitrogen and oxygen atoms in total. The Balaban J connectivity index is 2.81. The average molecular weight is 220 g/mol. The molecule has 0 atom stereocenters. The quantitative estimate of drug-likeness (QED) is 0.467. The molecule has 0 N–H and O–H groups in total. The number of hydrogen-bond donors (Lipinski definition) is 0. The van der Waals surface area contributed by atoms with Gasteiger partial charge < -0.3 is 18.9 Å². The van der Waals surface area contributed by atoms with Gasteiger partial charge >= 0.3 is 0 Å². The molecule has 0 aromatic rings. The number of rotatable bonds is 12. The van der Waals surface area contributed by atoms with Gasteiger partial charge in [0.25, 0.3) is 0 Å². The summed E-state index contributed by atoms with van der Waals surface area (Å²) >= 11 is 0. The van der Waals surface area contributed by atoms with Crippen LogP contribution in [0.2, 0.25) is 0 Å². The molecule has 92 valence electrons. The Morgan fingerprint density at radius 2 is 0.933 bits per heavy atom. The highest BCUT2D eigenvalue weighted by Gasteiger charge is 1.90. The zero-order valence-electron chi connectivity index (χ0n) is 10.00. The van der Waals surface area contributed by atoms with Gasteiger partial charge in [-0.2, -0.15) is 0 Å². The predicted octanol–water partition coefficient (Wildman–Crippen LogP) is 1.48. The van der Waals surface area contributed by atoms with Crippen molar-refractivity contribution in [2.45, 2.75) is 20.3 Å². The van der Waals surface area contributed by atoms with Crippen LogP contribution in [-0.4, -0.2) is 52.9 Å². The maximum atomic E-state index is 5.30. The van der Waals surface area contributed by atoms with Gasteiger partial charge in [-0.25, -0.2) is 0 Å². The van der Waals surface area contributed by atoms with Crippen molar-refractivity contribution in [1.29, 1.82) is 0 Å². The molecule has 0 aliphatic heterocycles. The SMILES string of the molecule is CCCOCCOCCOCCOCC. The van der Waals surface area contributed by atoms with E-state index < -0.39 is 0 Å². The summed E-state index contributed by atoms with van der Waals surface area (Å²) < 4.78 is 20.9. The van der Waals surface area contributed by atoms with E-state index in [1.807, 2.05) is 6.92 Å². The van der Waals surface area contributed by atoms with E-state index >= 15 is 0 Å². The fourth-order valence-electron chi connectivity index (χ4n) is 0.948. The van der Waals surface area contributed by atoms with Crippen molar-refractivity contribution >= 4 is 0 Å². The summed E-state index contributed by atoms with van der Waals surface area (Å²) in [5.41, 5.74) is 0. The van der Waals surface area contributed by atoms with Gasteiger partial charge in [-0.1, -0.05) is 6.92 Å². The fourth-order valence-corrected chi connectivity index (χ4v) is 0.948. The average Bonchev–Trinajstić information content (AvgIpc) is 2.26. The topological polar surface area (TPSA) is 36.9 Å². The molecule has 0 heterocycles. The van der Waals surface area contributed by atoms with Crippen molar-refractivity contribution in [2.24, 2.45) is 0 Å². The van der Waals surface area contributed by atoms with E-state index in [9.17, 15) is 0 Å². The zero-order chi connectivity index (χ0) is 11.2. The minimum absolute atomic E-state index is 0.626. The first-order valence-corrected chi connectivity index (χ1v) is 5.72. The molecule has 0 amide bonds. The van der Waals surface area contributed by atoms with Crippen LogP contribution in [0.1, 0.15) is 20.3 Å². The first-order chi connectivity index (χ1) is 7.41. The summed E-state index contributed by atoms with van der Waals surface area (Å²) in [7, 11) is 0. The monoisotopic (exact) mass is 220 g/mol. The van der Waals surface area contributed by atoms with Crippen LogP contribution in [-0.2, 0) is 18.9 Å².